The summed E-state index contributed by atoms with van der Waals surface area (Å²) in [5.74, 6) is -3.11. The quantitative estimate of drug-likeness (QED) is 0.687. The summed E-state index contributed by atoms with van der Waals surface area (Å²) in [5.41, 5.74) is 0. The van der Waals surface area contributed by atoms with E-state index in [0.29, 0.717) is 0 Å². The minimum absolute atomic E-state index is 0.00118. The minimum Gasteiger partial charge on any atom is -0.513 e. The van der Waals surface area contributed by atoms with Gasteiger partial charge >= 0.3 is 11.9 Å². The Labute approximate surface area is 87.4 Å². The molecule has 0 aromatic rings. The van der Waals surface area contributed by atoms with Crippen LogP contribution in [0, 0.1) is 11.8 Å². The SMILES string of the molecule is CCOC(=O)[C@H]1CC=C(O)C[C@@H]1C(=O)O. The molecule has 0 aromatic carbocycles. The first-order chi connectivity index (χ1) is 7.06. The van der Waals surface area contributed by atoms with Gasteiger partial charge in [0.05, 0.1) is 24.2 Å². The molecule has 0 spiro atoms. The zero-order valence-electron chi connectivity index (χ0n) is 8.47. The predicted molar refractivity (Wildman–Crippen MR) is 51.2 cm³/mol. The molecule has 5 nitrogen and oxygen atoms in total. The number of carbonyl (C=O) groups excluding carboxylic acids is 1. The van der Waals surface area contributed by atoms with Gasteiger partial charge in [-0.05, 0) is 19.4 Å². The molecule has 0 radical (unpaired) electrons. The Morgan fingerprint density at radius 1 is 1.53 bits per heavy atom. The molecule has 0 aliphatic heterocycles. The fraction of sp³-hybridized carbons (Fsp3) is 0.600. The van der Waals surface area contributed by atoms with E-state index in [4.69, 9.17) is 9.84 Å². The van der Waals surface area contributed by atoms with Crippen molar-refractivity contribution in [3.05, 3.63) is 11.8 Å². The number of aliphatic carboxylic acids is 1. The molecule has 0 saturated heterocycles. The lowest BCUT2D eigenvalue weighted by molar-refractivity contribution is -0.158. The van der Waals surface area contributed by atoms with Gasteiger partial charge in [0, 0.05) is 6.42 Å². The highest BCUT2D eigenvalue weighted by Gasteiger charge is 2.37. The summed E-state index contributed by atoms with van der Waals surface area (Å²) in [4.78, 5) is 22.3. The monoisotopic (exact) mass is 214 g/mol. The van der Waals surface area contributed by atoms with Crippen molar-refractivity contribution in [2.24, 2.45) is 11.8 Å². The average Bonchev–Trinajstić information content (AvgIpc) is 2.17. The second-order valence-corrected chi connectivity index (χ2v) is 3.44. The van der Waals surface area contributed by atoms with Gasteiger partial charge in [0.25, 0.3) is 0 Å². The number of carboxylic acids is 1. The third-order valence-electron chi connectivity index (χ3n) is 2.43. The van der Waals surface area contributed by atoms with E-state index >= 15 is 0 Å². The van der Waals surface area contributed by atoms with E-state index < -0.39 is 23.8 Å². The van der Waals surface area contributed by atoms with Gasteiger partial charge in [-0.1, -0.05) is 0 Å². The Morgan fingerprint density at radius 2 is 2.20 bits per heavy atom. The number of hydrogen-bond acceptors (Lipinski definition) is 4. The minimum atomic E-state index is -1.08. The van der Waals surface area contributed by atoms with Crippen LogP contribution in [0.2, 0.25) is 0 Å². The van der Waals surface area contributed by atoms with Crippen LogP contribution in [0.4, 0.5) is 0 Å². The van der Waals surface area contributed by atoms with Crippen LogP contribution in [0.15, 0.2) is 11.8 Å². The highest BCUT2D eigenvalue weighted by Crippen LogP contribution is 2.29. The third kappa shape index (κ3) is 2.71. The number of rotatable bonds is 3. The summed E-state index contributed by atoms with van der Waals surface area (Å²) in [7, 11) is 0. The van der Waals surface area contributed by atoms with Gasteiger partial charge in [0.15, 0.2) is 0 Å². The lowest BCUT2D eigenvalue weighted by Crippen LogP contribution is -2.33. The highest BCUT2D eigenvalue weighted by atomic mass is 16.5. The molecule has 1 rings (SSSR count). The molecule has 84 valence electrons. The van der Waals surface area contributed by atoms with Gasteiger partial charge in [-0.3, -0.25) is 9.59 Å². The molecule has 0 unspecified atom stereocenters. The molecule has 1 aliphatic rings. The van der Waals surface area contributed by atoms with Crippen LogP contribution < -0.4 is 0 Å². The normalized spacial score (nSPS) is 25.5. The van der Waals surface area contributed by atoms with Crippen LogP contribution >= 0.6 is 0 Å². The summed E-state index contributed by atoms with van der Waals surface area (Å²) < 4.78 is 4.78. The first kappa shape index (κ1) is 11.6. The molecule has 0 amide bonds. The smallest absolute Gasteiger partial charge is 0.310 e. The van der Waals surface area contributed by atoms with E-state index in [1.807, 2.05) is 0 Å². The summed E-state index contributed by atoms with van der Waals surface area (Å²) in [6.45, 7) is 1.90. The van der Waals surface area contributed by atoms with Gasteiger partial charge in [0.2, 0.25) is 0 Å². The van der Waals surface area contributed by atoms with Gasteiger partial charge < -0.3 is 14.9 Å². The first-order valence-corrected chi connectivity index (χ1v) is 4.83. The Hall–Kier alpha value is -1.52. The number of ether oxygens (including phenoxy) is 1. The average molecular weight is 214 g/mol. The fourth-order valence-electron chi connectivity index (χ4n) is 1.65. The molecule has 0 heterocycles. The summed E-state index contributed by atoms with van der Waals surface area (Å²) >= 11 is 0. The summed E-state index contributed by atoms with van der Waals surface area (Å²) in [6.07, 6.45) is 1.70. The molecular formula is C10H14O5. The maximum atomic E-state index is 11.4. The Balaban J connectivity index is 2.77. The van der Waals surface area contributed by atoms with Crippen LogP contribution in [0.3, 0.4) is 0 Å². The van der Waals surface area contributed by atoms with E-state index in [0.717, 1.165) is 0 Å². The van der Waals surface area contributed by atoms with E-state index in [9.17, 15) is 14.7 Å². The molecule has 0 saturated carbocycles. The highest BCUT2D eigenvalue weighted by molar-refractivity contribution is 5.81. The maximum absolute atomic E-state index is 11.4. The number of aliphatic hydroxyl groups excluding tert-OH is 1. The Kier molecular flexibility index (Phi) is 3.71. The van der Waals surface area contributed by atoms with E-state index in [2.05, 4.69) is 0 Å². The molecule has 1 aliphatic carbocycles. The number of carbonyl (C=O) groups is 2. The zero-order chi connectivity index (χ0) is 11.4. The Morgan fingerprint density at radius 3 is 2.73 bits per heavy atom. The number of carboxylic acid groups (broad SMARTS) is 1. The van der Waals surface area contributed by atoms with E-state index in [-0.39, 0.29) is 25.2 Å². The molecule has 0 fully saturated rings. The largest absolute Gasteiger partial charge is 0.513 e. The fourth-order valence-corrected chi connectivity index (χ4v) is 1.65. The van der Waals surface area contributed by atoms with Gasteiger partial charge in [-0.2, -0.15) is 0 Å². The second-order valence-electron chi connectivity index (χ2n) is 3.44. The maximum Gasteiger partial charge on any atom is 0.310 e. The van der Waals surface area contributed by atoms with Crippen LogP contribution in [0.25, 0.3) is 0 Å². The number of aliphatic hydroxyl groups is 1. The standard InChI is InChI=1S/C10H14O5/c1-2-15-10(14)7-4-3-6(11)5-8(7)9(12)13/h3,7-8,11H,2,4-5H2,1H3,(H,12,13)/t7-,8-/m0/s1. The number of esters is 1. The van der Waals surface area contributed by atoms with Crippen LogP contribution in [0.1, 0.15) is 19.8 Å². The van der Waals surface area contributed by atoms with Crippen molar-refractivity contribution in [3.63, 3.8) is 0 Å². The van der Waals surface area contributed by atoms with E-state index in [1.165, 1.54) is 6.08 Å². The molecular weight excluding hydrogens is 200 g/mol. The topological polar surface area (TPSA) is 83.8 Å². The van der Waals surface area contributed by atoms with Crippen molar-refractivity contribution in [2.45, 2.75) is 19.8 Å². The van der Waals surface area contributed by atoms with Crippen molar-refractivity contribution in [2.75, 3.05) is 6.61 Å². The van der Waals surface area contributed by atoms with Crippen molar-refractivity contribution in [1.29, 1.82) is 0 Å². The number of hydrogen-bond donors (Lipinski definition) is 2. The van der Waals surface area contributed by atoms with Crippen molar-refractivity contribution in [1.82, 2.24) is 0 Å². The summed E-state index contributed by atoms with van der Waals surface area (Å²) in [5, 5.41) is 18.1. The van der Waals surface area contributed by atoms with Crippen LogP contribution in [0.5, 0.6) is 0 Å². The molecule has 5 heteroatoms. The number of allylic oxidation sites excluding steroid dienone is 2. The summed E-state index contributed by atoms with van der Waals surface area (Å²) in [6, 6.07) is 0. The Bertz CT molecular complexity index is 294. The van der Waals surface area contributed by atoms with E-state index in [1.54, 1.807) is 6.92 Å². The van der Waals surface area contributed by atoms with Gasteiger partial charge in [-0.25, -0.2) is 0 Å². The van der Waals surface area contributed by atoms with Crippen LogP contribution in [-0.4, -0.2) is 28.8 Å². The molecule has 2 atom stereocenters. The van der Waals surface area contributed by atoms with Crippen LogP contribution in [-0.2, 0) is 14.3 Å². The molecule has 0 bridgehead atoms. The van der Waals surface area contributed by atoms with Gasteiger partial charge in [-0.15, -0.1) is 0 Å². The lowest BCUT2D eigenvalue weighted by Gasteiger charge is -2.24. The van der Waals surface area contributed by atoms with Crippen molar-refractivity contribution in [3.8, 4) is 0 Å². The lowest BCUT2D eigenvalue weighted by atomic mass is 9.82. The zero-order valence-corrected chi connectivity index (χ0v) is 8.47. The third-order valence-corrected chi connectivity index (χ3v) is 2.43. The first-order valence-electron chi connectivity index (χ1n) is 4.83. The molecule has 0 aromatic heterocycles. The second kappa shape index (κ2) is 4.82. The molecule has 15 heavy (non-hydrogen) atoms. The molecule has 2 N–H and O–H groups in total. The van der Waals surface area contributed by atoms with Crippen molar-refractivity contribution >= 4 is 11.9 Å². The van der Waals surface area contributed by atoms with Crippen molar-refractivity contribution < 1.29 is 24.5 Å². The predicted octanol–water partition coefficient (Wildman–Crippen LogP) is 1.10. The van der Waals surface area contributed by atoms with Gasteiger partial charge in [0.1, 0.15) is 0 Å².